The molecule has 0 fully saturated rings. The van der Waals surface area contributed by atoms with Gasteiger partial charge in [0, 0.05) is 12.6 Å². The van der Waals surface area contributed by atoms with Gasteiger partial charge in [-0.15, -0.1) is 0 Å². The molecule has 1 amide bonds. The van der Waals surface area contributed by atoms with Crippen LogP contribution >= 0.6 is 0 Å². The predicted octanol–water partition coefficient (Wildman–Crippen LogP) is 2.42. The number of hydrogen-bond acceptors (Lipinski definition) is 4. The van der Waals surface area contributed by atoms with Gasteiger partial charge in [0.2, 0.25) is 0 Å². The molecule has 0 aliphatic heterocycles. The molecule has 2 rings (SSSR count). The summed E-state index contributed by atoms with van der Waals surface area (Å²) in [4.78, 5) is 17.0. The molecule has 0 radical (unpaired) electrons. The number of carbonyl (C=O) groups is 1. The van der Waals surface area contributed by atoms with Crippen molar-refractivity contribution >= 4 is 5.91 Å². The second-order valence-corrected chi connectivity index (χ2v) is 3.95. The Hall–Kier alpha value is -2.21. The molecule has 0 saturated heterocycles. The van der Waals surface area contributed by atoms with Gasteiger partial charge in [-0.25, -0.2) is 9.45 Å². The monoisotopic (exact) mass is 264 g/mol. The Balaban J connectivity index is 2.48. The molecule has 1 aromatic heterocycles. The Morgan fingerprint density at radius 2 is 2.00 bits per heavy atom. The minimum absolute atomic E-state index is 0.302. The lowest BCUT2D eigenvalue weighted by atomic mass is 10.1. The van der Waals surface area contributed by atoms with Gasteiger partial charge in [0.25, 0.3) is 5.91 Å². The standard InChI is InChI=1S/C13H13FN2O3/c1-8-11(13(17)16(2)18-3)12(15-19-8)9-4-6-10(14)7-5-9/h4-7H,1-3H3. The highest BCUT2D eigenvalue weighted by molar-refractivity contribution is 6.00. The molecule has 0 bridgehead atoms. The molecule has 0 unspecified atom stereocenters. The third kappa shape index (κ3) is 2.48. The Kier molecular flexibility index (Phi) is 3.62. The number of nitrogens with zero attached hydrogens (tertiary/aromatic N) is 2. The van der Waals surface area contributed by atoms with Crippen molar-refractivity contribution in [3.05, 3.63) is 41.4 Å². The van der Waals surface area contributed by atoms with E-state index in [-0.39, 0.29) is 11.7 Å². The van der Waals surface area contributed by atoms with Crippen LogP contribution in [0.25, 0.3) is 11.3 Å². The van der Waals surface area contributed by atoms with Crippen molar-refractivity contribution in [3.63, 3.8) is 0 Å². The minimum atomic E-state index is -0.374. The lowest BCUT2D eigenvalue weighted by molar-refractivity contribution is -0.0757. The molecule has 0 saturated carbocycles. The van der Waals surface area contributed by atoms with E-state index < -0.39 is 0 Å². The molecule has 100 valence electrons. The third-order valence-electron chi connectivity index (χ3n) is 2.75. The maximum Gasteiger partial charge on any atom is 0.283 e. The molecular formula is C13H13FN2O3. The van der Waals surface area contributed by atoms with Crippen molar-refractivity contribution in [3.8, 4) is 11.3 Å². The van der Waals surface area contributed by atoms with E-state index >= 15 is 0 Å². The van der Waals surface area contributed by atoms with Crippen LogP contribution in [0.3, 0.4) is 0 Å². The first kappa shape index (κ1) is 13.2. The molecule has 0 atom stereocenters. The van der Waals surface area contributed by atoms with Crippen LogP contribution in [0.4, 0.5) is 4.39 Å². The fraction of sp³-hybridized carbons (Fsp3) is 0.231. The summed E-state index contributed by atoms with van der Waals surface area (Å²) in [6.07, 6.45) is 0. The van der Waals surface area contributed by atoms with Gasteiger partial charge < -0.3 is 4.52 Å². The van der Waals surface area contributed by atoms with Crippen molar-refractivity contribution in [2.75, 3.05) is 14.2 Å². The van der Waals surface area contributed by atoms with Crippen LogP contribution in [0.5, 0.6) is 0 Å². The summed E-state index contributed by atoms with van der Waals surface area (Å²) in [6.45, 7) is 1.64. The number of halogens is 1. The number of hydrogen-bond donors (Lipinski definition) is 0. The number of carbonyl (C=O) groups excluding carboxylic acids is 1. The van der Waals surface area contributed by atoms with E-state index in [2.05, 4.69) is 5.16 Å². The number of benzene rings is 1. The van der Waals surface area contributed by atoms with Gasteiger partial charge in [-0.05, 0) is 31.2 Å². The SMILES string of the molecule is CON(C)C(=O)c1c(-c2ccc(F)cc2)noc1C. The van der Waals surface area contributed by atoms with Gasteiger partial charge in [0.15, 0.2) is 0 Å². The molecule has 6 heteroatoms. The van der Waals surface area contributed by atoms with Crippen LogP contribution in [0, 0.1) is 12.7 Å². The summed E-state index contributed by atoms with van der Waals surface area (Å²) < 4.78 is 18.0. The predicted molar refractivity (Wildman–Crippen MR) is 65.7 cm³/mol. The molecule has 5 nitrogen and oxygen atoms in total. The topological polar surface area (TPSA) is 55.6 Å². The third-order valence-corrected chi connectivity index (χ3v) is 2.75. The largest absolute Gasteiger partial charge is 0.360 e. The van der Waals surface area contributed by atoms with Gasteiger partial charge in [-0.1, -0.05) is 5.16 Å². The van der Waals surface area contributed by atoms with E-state index in [1.54, 1.807) is 6.92 Å². The summed E-state index contributed by atoms with van der Waals surface area (Å²) in [5, 5.41) is 4.93. The van der Waals surface area contributed by atoms with Crippen LogP contribution in [-0.4, -0.2) is 30.3 Å². The highest BCUT2D eigenvalue weighted by Gasteiger charge is 2.24. The molecule has 2 aromatic rings. The zero-order valence-corrected chi connectivity index (χ0v) is 10.8. The van der Waals surface area contributed by atoms with Crippen molar-refractivity contribution < 1.29 is 18.5 Å². The molecule has 1 aromatic carbocycles. The van der Waals surface area contributed by atoms with Crippen molar-refractivity contribution in [2.45, 2.75) is 6.92 Å². The zero-order chi connectivity index (χ0) is 14.0. The average molecular weight is 264 g/mol. The van der Waals surface area contributed by atoms with E-state index in [1.807, 2.05) is 0 Å². The van der Waals surface area contributed by atoms with Gasteiger partial charge in [-0.3, -0.25) is 9.63 Å². The molecule has 1 heterocycles. The molecule has 19 heavy (non-hydrogen) atoms. The van der Waals surface area contributed by atoms with Crippen molar-refractivity contribution in [2.24, 2.45) is 0 Å². The van der Waals surface area contributed by atoms with Gasteiger partial charge >= 0.3 is 0 Å². The Morgan fingerprint density at radius 1 is 1.37 bits per heavy atom. The van der Waals surface area contributed by atoms with Crippen LogP contribution < -0.4 is 0 Å². The van der Waals surface area contributed by atoms with Gasteiger partial charge in [0.1, 0.15) is 22.8 Å². The molecule has 0 spiro atoms. The van der Waals surface area contributed by atoms with E-state index in [0.717, 1.165) is 5.06 Å². The van der Waals surface area contributed by atoms with Crippen molar-refractivity contribution in [1.29, 1.82) is 0 Å². The number of amides is 1. The summed E-state index contributed by atoms with van der Waals surface area (Å²) in [7, 11) is 2.88. The van der Waals surface area contributed by atoms with Crippen LogP contribution in [0.1, 0.15) is 16.1 Å². The lowest BCUT2D eigenvalue weighted by Crippen LogP contribution is -2.26. The smallest absolute Gasteiger partial charge is 0.283 e. The summed E-state index contributed by atoms with van der Waals surface area (Å²) in [6, 6.07) is 5.67. The van der Waals surface area contributed by atoms with Gasteiger partial charge in [0.05, 0.1) is 7.11 Å². The van der Waals surface area contributed by atoms with E-state index in [1.165, 1.54) is 38.4 Å². The Labute approximate surface area is 109 Å². The van der Waals surface area contributed by atoms with Crippen LogP contribution in [0.15, 0.2) is 28.8 Å². The Morgan fingerprint density at radius 3 is 2.58 bits per heavy atom. The first-order valence-electron chi connectivity index (χ1n) is 5.59. The minimum Gasteiger partial charge on any atom is -0.360 e. The fourth-order valence-corrected chi connectivity index (χ4v) is 1.67. The summed E-state index contributed by atoms with van der Waals surface area (Å²) in [5.41, 5.74) is 1.27. The van der Waals surface area contributed by atoms with Crippen LogP contribution in [0.2, 0.25) is 0 Å². The average Bonchev–Trinajstić information content (AvgIpc) is 2.79. The molecule has 0 aliphatic rings. The van der Waals surface area contributed by atoms with Crippen LogP contribution in [-0.2, 0) is 4.84 Å². The first-order chi connectivity index (χ1) is 9.04. The first-order valence-corrected chi connectivity index (χ1v) is 5.59. The molecular weight excluding hydrogens is 251 g/mol. The van der Waals surface area contributed by atoms with Crippen molar-refractivity contribution in [1.82, 2.24) is 10.2 Å². The summed E-state index contributed by atoms with van der Waals surface area (Å²) >= 11 is 0. The second kappa shape index (κ2) is 5.19. The lowest BCUT2D eigenvalue weighted by Gasteiger charge is -2.13. The highest BCUT2D eigenvalue weighted by atomic mass is 19.1. The number of aryl methyl sites for hydroxylation is 1. The number of rotatable bonds is 3. The zero-order valence-electron chi connectivity index (χ0n) is 10.8. The quantitative estimate of drug-likeness (QED) is 0.799. The summed E-state index contributed by atoms with van der Waals surface area (Å²) in [5.74, 6) is -0.348. The highest BCUT2D eigenvalue weighted by Crippen LogP contribution is 2.26. The van der Waals surface area contributed by atoms with Gasteiger partial charge in [-0.2, -0.15) is 0 Å². The van der Waals surface area contributed by atoms with E-state index in [0.29, 0.717) is 22.6 Å². The number of hydroxylamine groups is 2. The molecule has 0 N–H and O–H groups in total. The van der Waals surface area contributed by atoms with E-state index in [9.17, 15) is 9.18 Å². The second-order valence-electron chi connectivity index (χ2n) is 3.95. The molecule has 0 aliphatic carbocycles. The number of aromatic nitrogens is 1. The van der Waals surface area contributed by atoms with E-state index in [4.69, 9.17) is 9.36 Å². The normalized spacial score (nSPS) is 10.5. The maximum absolute atomic E-state index is 12.9. The fourth-order valence-electron chi connectivity index (χ4n) is 1.67. The maximum atomic E-state index is 12.9. The Bertz CT molecular complexity index is 592.